The molecule has 124 valence electrons. The number of hydrogen-bond acceptors (Lipinski definition) is 6. The Bertz CT molecular complexity index is 691. The zero-order valence-corrected chi connectivity index (χ0v) is 12.4. The molecule has 0 atom stereocenters. The number of nitrogen functional groups attached to an aromatic ring is 1. The summed E-state index contributed by atoms with van der Waals surface area (Å²) in [7, 11) is 0. The van der Waals surface area contributed by atoms with E-state index in [2.05, 4.69) is 20.4 Å². The maximum atomic E-state index is 12.6. The van der Waals surface area contributed by atoms with Gasteiger partial charge < -0.3 is 16.0 Å². The highest BCUT2D eigenvalue weighted by molar-refractivity contribution is 5.63. The van der Waals surface area contributed by atoms with Gasteiger partial charge in [-0.3, -0.25) is 0 Å². The summed E-state index contributed by atoms with van der Waals surface area (Å²) in [5.74, 6) is 0.616. The first-order valence-corrected chi connectivity index (χ1v) is 7.12. The molecule has 0 saturated carbocycles. The zero-order chi connectivity index (χ0) is 16.6. The summed E-state index contributed by atoms with van der Waals surface area (Å²) < 4.78 is 37.8. The Morgan fingerprint density at radius 3 is 2.70 bits per heavy atom. The smallest absolute Gasteiger partial charge is 0.368 e. The van der Waals surface area contributed by atoms with E-state index in [-0.39, 0.29) is 16.2 Å². The summed E-state index contributed by atoms with van der Waals surface area (Å²) in [4.78, 5) is 10.1. The Kier molecular flexibility index (Phi) is 3.84. The van der Waals surface area contributed by atoms with Gasteiger partial charge in [0.2, 0.25) is 5.95 Å². The van der Waals surface area contributed by atoms with Gasteiger partial charge in [0, 0.05) is 37.0 Å². The molecule has 0 bridgehead atoms. The van der Waals surface area contributed by atoms with Crippen LogP contribution in [0.5, 0.6) is 0 Å². The average molecular weight is 327 g/mol. The third-order valence-corrected chi connectivity index (χ3v) is 3.57. The minimum atomic E-state index is -4.56. The van der Waals surface area contributed by atoms with Crippen LogP contribution in [0.2, 0.25) is 0 Å². The van der Waals surface area contributed by atoms with Crippen molar-refractivity contribution in [3.63, 3.8) is 0 Å². The molecule has 10 heteroatoms. The van der Waals surface area contributed by atoms with E-state index in [1.807, 2.05) is 11.8 Å². The number of nitrogens with two attached hydrogens (primary N) is 1. The first-order chi connectivity index (χ1) is 10.9. The van der Waals surface area contributed by atoms with Crippen LogP contribution in [0.25, 0.3) is 11.3 Å². The summed E-state index contributed by atoms with van der Waals surface area (Å²) in [6.45, 7) is 4.45. The molecule has 7 nitrogen and oxygen atoms in total. The van der Waals surface area contributed by atoms with Crippen LogP contribution < -0.4 is 16.0 Å². The lowest BCUT2D eigenvalue weighted by atomic mass is 10.1. The van der Waals surface area contributed by atoms with Gasteiger partial charge in [-0.15, -0.1) is 13.2 Å². The number of anilines is 2. The molecule has 3 N–H and O–H groups in total. The monoisotopic (exact) mass is 327 g/mol. The number of nitrogens with zero attached hydrogens (tertiary/aromatic N) is 5. The molecule has 0 spiro atoms. The van der Waals surface area contributed by atoms with Gasteiger partial charge in [-0.05, 0) is 6.54 Å². The van der Waals surface area contributed by atoms with Crippen LogP contribution in [0.15, 0.2) is 18.5 Å². The highest BCUT2D eigenvalue weighted by atomic mass is 19.4. The average Bonchev–Trinajstić information content (AvgIpc) is 2.91. The molecule has 23 heavy (non-hydrogen) atoms. The van der Waals surface area contributed by atoms with Crippen molar-refractivity contribution in [2.24, 2.45) is 0 Å². The van der Waals surface area contributed by atoms with Crippen molar-refractivity contribution in [2.45, 2.75) is 19.3 Å². The van der Waals surface area contributed by atoms with Gasteiger partial charge in [0.1, 0.15) is 5.82 Å². The molecular formula is C13H16F3N7. The maximum Gasteiger partial charge on any atom is 0.504 e. The van der Waals surface area contributed by atoms with Crippen LogP contribution in [-0.4, -0.2) is 45.4 Å². The van der Waals surface area contributed by atoms with Crippen molar-refractivity contribution in [1.29, 1.82) is 0 Å². The number of rotatable bonds is 4. The Balaban J connectivity index is 1.82. The highest BCUT2D eigenvalue weighted by Crippen LogP contribution is 2.28. The molecule has 0 radical (unpaired) electrons. The molecule has 0 aromatic carbocycles. The van der Waals surface area contributed by atoms with Crippen molar-refractivity contribution in [2.75, 3.05) is 30.3 Å². The predicted molar refractivity (Wildman–Crippen MR) is 78.6 cm³/mol. The molecule has 2 aromatic heterocycles. The summed E-state index contributed by atoms with van der Waals surface area (Å²) in [6, 6.07) is 2.00. The molecule has 1 saturated heterocycles. The summed E-state index contributed by atoms with van der Waals surface area (Å²) in [5.41, 5.74) is 6.24. The third-order valence-electron chi connectivity index (χ3n) is 3.57. The Morgan fingerprint density at radius 1 is 1.35 bits per heavy atom. The SMILES string of the molecule is CCNC1CN(c2cc(-c3cnn(C(F)(F)F)c3)nc(N)n2)C1. The largest absolute Gasteiger partial charge is 0.504 e. The Hall–Kier alpha value is -2.36. The second-order valence-electron chi connectivity index (χ2n) is 5.27. The van der Waals surface area contributed by atoms with Crippen molar-refractivity contribution in [1.82, 2.24) is 25.1 Å². The van der Waals surface area contributed by atoms with Crippen molar-refractivity contribution in [3.8, 4) is 11.3 Å². The van der Waals surface area contributed by atoms with Gasteiger partial charge >= 0.3 is 6.30 Å². The summed E-state index contributed by atoms with van der Waals surface area (Å²) in [5, 5.41) is 6.61. The number of hydrogen-bond donors (Lipinski definition) is 2. The van der Waals surface area contributed by atoms with Gasteiger partial charge in [-0.25, -0.2) is 4.98 Å². The van der Waals surface area contributed by atoms with Crippen molar-refractivity contribution >= 4 is 11.8 Å². The normalized spacial score (nSPS) is 15.7. The van der Waals surface area contributed by atoms with E-state index in [1.54, 1.807) is 6.07 Å². The fraction of sp³-hybridized carbons (Fsp3) is 0.462. The van der Waals surface area contributed by atoms with E-state index >= 15 is 0 Å². The minimum Gasteiger partial charge on any atom is -0.368 e. The molecule has 3 rings (SSSR count). The van der Waals surface area contributed by atoms with Crippen LogP contribution in [0.1, 0.15) is 6.92 Å². The van der Waals surface area contributed by atoms with Gasteiger partial charge in [0.25, 0.3) is 0 Å². The number of aromatic nitrogens is 4. The van der Waals surface area contributed by atoms with E-state index in [9.17, 15) is 13.2 Å². The van der Waals surface area contributed by atoms with E-state index in [0.29, 0.717) is 17.6 Å². The summed E-state index contributed by atoms with van der Waals surface area (Å²) in [6.07, 6.45) is -2.57. The van der Waals surface area contributed by atoms with Crippen molar-refractivity contribution in [3.05, 3.63) is 18.5 Å². The second-order valence-corrected chi connectivity index (χ2v) is 5.27. The third kappa shape index (κ3) is 3.21. The van der Waals surface area contributed by atoms with E-state index in [4.69, 9.17) is 5.73 Å². The fourth-order valence-electron chi connectivity index (χ4n) is 2.44. The lowest BCUT2D eigenvalue weighted by Gasteiger charge is -2.40. The van der Waals surface area contributed by atoms with Gasteiger partial charge in [-0.1, -0.05) is 6.92 Å². The fourth-order valence-corrected chi connectivity index (χ4v) is 2.44. The van der Waals surface area contributed by atoms with Crippen LogP contribution in [0.3, 0.4) is 0 Å². The van der Waals surface area contributed by atoms with Gasteiger partial charge in [0.05, 0.1) is 11.9 Å². The lowest BCUT2D eigenvalue weighted by Crippen LogP contribution is -2.58. The predicted octanol–water partition coefficient (Wildman–Crippen LogP) is 1.20. The highest BCUT2D eigenvalue weighted by Gasteiger charge is 2.32. The molecule has 3 heterocycles. The topological polar surface area (TPSA) is 84.9 Å². The van der Waals surface area contributed by atoms with Gasteiger partial charge in [0.15, 0.2) is 0 Å². The van der Waals surface area contributed by atoms with Crippen LogP contribution >= 0.6 is 0 Å². The minimum absolute atomic E-state index is 0.0177. The standard InChI is InChI=1S/C13H16F3N7/c1-2-18-9-6-22(7-9)11-3-10(20-12(17)21-11)8-4-19-23(5-8)13(14,15)16/h3-5,9,18H,2,6-7H2,1H3,(H2,17,20,21). The van der Waals surface area contributed by atoms with E-state index < -0.39 is 6.30 Å². The first kappa shape index (κ1) is 15.5. The lowest BCUT2D eigenvalue weighted by molar-refractivity contribution is -0.212. The number of likely N-dealkylation sites (N-methyl/N-ethyl adjacent to an activating group) is 1. The number of nitrogens with one attached hydrogen (secondary N) is 1. The Labute approximate surface area is 130 Å². The van der Waals surface area contributed by atoms with Crippen LogP contribution in [-0.2, 0) is 6.30 Å². The molecule has 1 aliphatic heterocycles. The molecule has 0 amide bonds. The summed E-state index contributed by atoms with van der Waals surface area (Å²) >= 11 is 0. The van der Waals surface area contributed by atoms with E-state index in [1.165, 1.54) is 0 Å². The molecule has 0 aliphatic carbocycles. The van der Waals surface area contributed by atoms with Crippen LogP contribution in [0.4, 0.5) is 24.9 Å². The second kappa shape index (κ2) is 5.69. The quantitative estimate of drug-likeness (QED) is 0.878. The molecule has 2 aromatic rings. The number of alkyl halides is 3. The van der Waals surface area contributed by atoms with Gasteiger partial charge in [-0.2, -0.15) is 14.8 Å². The van der Waals surface area contributed by atoms with Crippen LogP contribution in [0, 0.1) is 0 Å². The first-order valence-electron chi connectivity index (χ1n) is 7.12. The maximum absolute atomic E-state index is 12.6. The number of halogens is 3. The molecule has 1 aliphatic rings. The molecular weight excluding hydrogens is 311 g/mol. The zero-order valence-electron chi connectivity index (χ0n) is 12.4. The molecule has 1 fully saturated rings. The molecule has 0 unspecified atom stereocenters. The Morgan fingerprint density at radius 2 is 2.09 bits per heavy atom. The van der Waals surface area contributed by atoms with E-state index in [0.717, 1.165) is 32.0 Å². The van der Waals surface area contributed by atoms with Crippen molar-refractivity contribution < 1.29 is 13.2 Å².